The second-order valence-corrected chi connectivity index (χ2v) is 9.49. The van der Waals surface area contributed by atoms with E-state index in [1.165, 1.54) is 4.90 Å². The van der Waals surface area contributed by atoms with Crippen LogP contribution in [0.3, 0.4) is 0 Å². The van der Waals surface area contributed by atoms with E-state index < -0.39 is 17.7 Å². The van der Waals surface area contributed by atoms with Crippen molar-refractivity contribution in [2.24, 2.45) is 0 Å². The summed E-state index contributed by atoms with van der Waals surface area (Å²) in [5, 5.41) is 11.4. The third-order valence-corrected chi connectivity index (χ3v) is 6.96. The highest BCUT2D eigenvalue weighted by Crippen LogP contribution is 2.42. The number of piperidine rings is 1. The lowest BCUT2D eigenvalue weighted by atomic mass is 9.94. The highest BCUT2D eigenvalue weighted by molar-refractivity contribution is 6.46. The predicted molar refractivity (Wildman–Crippen MR) is 137 cm³/mol. The highest BCUT2D eigenvalue weighted by Gasteiger charge is 2.50. The van der Waals surface area contributed by atoms with Crippen LogP contribution in [-0.4, -0.2) is 70.5 Å². The average molecular weight is 508 g/mol. The van der Waals surface area contributed by atoms with Crippen LogP contribution in [-0.2, 0) is 14.3 Å². The fourth-order valence-corrected chi connectivity index (χ4v) is 5.08. The van der Waals surface area contributed by atoms with Crippen LogP contribution in [0.15, 0.2) is 48.2 Å². The molecule has 2 saturated heterocycles. The number of aliphatic hydroxyl groups excluding tert-OH is 1. The van der Waals surface area contributed by atoms with Gasteiger partial charge < -0.3 is 24.4 Å². The average Bonchev–Trinajstić information content (AvgIpc) is 3.18. The van der Waals surface area contributed by atoms with Crippen molar-refractivity contribution in [2.75, 3.05) is 26.8 Å². The lowest BCUT2D eigenvalue weighted by Gasteiger charge is -2.38. The van der Waals surface area contributed by atoms with Crippen molar-refractivity contribution in [1.82, 2.24) is 14.8 Å². The van der Waals surface area contributed by atoms with Crippen LogP contribution >= 0.6 is 0 Å². The maximum atomic E-state index is 13.4. The Hall–Kier alpha value is -3.88. The standard InChI is InChI=1S/C28H33N3O6/c1-5-37-28(35)30-14-11-19(12-15-30)31-24(21-8-6-7-13-29-21)23(26(33)27(31)34)25(32)18-9-10-22(36-4)20(16-18)17(2)3/h6-10,13,16-17,19,24,32H,5,11-12,14-15H2,1-4H3/b25-23+. The topological polar surface area (TPSA) is 109 Å². The van der Waals surface area contributed by atoms with E-state index in [1.54, 1.807) is 61.5 Å². The lowest BCUT2D eigenvalue weighted by molar-refractivity contribution is -0.142. The zero-order valence-electron chi connectivity index (χ0n) is 21.6. The number of rotatable bonds is 6. The van der Waals surface area contributed by atoms with Crippen LogP contribution in [0.4, 0.5) is 4.79 Å². The first-order valence-corrected chi connectivity index (χ1v) is 12.6. The van der Waals surface area contributed by atoms with Crippen molar-refractivity contribution in [3.8, 4) is 5.75 Å². The number of amides is 2. The molecule has 2 aromatic rings. The van der Waals surface area contributed by atoms with Gasteiger partial charge in [0.05, 0.1) is 25.0 Å². The van der Waals surface area contributed by atoms with Crippen molar-refractivity contribution < 1.29 is 29.0 Å². The van der Waals surface area contributed by atoms with E-state index in [-0.39, 0.29) is 36.0 Å². The van der Waals surface area contributed by atoms with Gasteiger partial charge in [0.1, 0.15) is 17.6 Å². The van der Waals surface area contributed by atoms with Crippen LogP contribution in [0, 0.1) is 0 Å². The summed E-state index contributed by atoms with van der Waals surface area (Å²) in [6.07, 6.45) is 2.18. The smallest absolute Gasteiger partial charge is 0.409 e. The largest absolute Gasteiger partial charge is 0.507 e. The molecule has 1 N–H and O–H groups in total. The molecule has 0 bridgehead atoms. The Kier molecular flexibility index (Phi) is 7.80. The number of aliphatic hydroxyl groups is 1. The Bertz CT molecular complexity index is 1200. The molecule has 196 valence electrons. The molecule has 4 rings (SSSR count). The van der Waals surface area contributed by atoms with Gasteiger partial charge in [-0.05, 0) is 61.6 Å². The van der Waals surface area contributed by atoms with E-state index in [4.69, 9.17) is 9.47 Å². The summed E-state index contributed by atoms with van der Waals surface area (Å²) in [5.41, 5.74) is 1.81. The van der Waals surface area contributed by atoms with Crippen molar-refractivity contribution in [3.05, 3.63) is 65.0 Å². The quantitative estimate of drug-likeness (QED) is 0.354. The summed E-state index contributed by atoms with van der Waals surface area (Å²) in [6, 6.07) is 9.37. The van der Waals surface area contributed by atoms with Gasteiger partial charge in [0.25, 0.3) is 11.7 Å². The summed E-state index contributed by atoms with van der Waals surface area (Å²) in [5.74, 6) is -0.875. The van der Waals surface area contributed by atoms with Gasteiger partial charge in [0.2, 0.25) is 0 Å². The molecule has 9 nitrogen and oxygen atoms in total. The van der Waals surface area contributed by atoms with Gasteiger partial charge in [-0.1, -0.05) is 19.9 Å². The number of Topliss-reactive ketones (excluding diaryl/α,β-unsaturated/α-hetero) is 1. The number of carbonyl (C=O) groups excluding carboxylic acids is 3. The summed E-state index contributed by atoms with van der Waals surface area (Å²) >= 11 is 0. The van der Waals surface area contributed by atoms with Crippen LogP contribution in [0.25, 0.3) is 5.76 Å². The Morgan fingerprint density at radius 1 is 1.16 bits per heavy atom. The molecule has 1 atom stereocenters. The molecule has 37 heavy (non-hydrogen) atoms. The van der Waals surface area contributed by atoms with E-state index in [0.717, 1.165) is 5.56 Å². The lowest BCUT2D eigenvalue weighted by Crippen LogP contribution is -2.48. The summed E-state index contributed by atoms with van der Waals surface area (Å²) in [4.78, 5) is 46.6. The molecule has 9 heteroatoms. The Labute approximate surface area is 216 Å². The van der Waals surface area contributed by atoms with Gasteiger partial charge in [-0.15, -0.1) is 0 Å². The molecule has 1 aromatic carbocycles. The first kappa shape index (κ1) is 26.2. The Morgan fingerprint density at radius 2 is 1.89 bits per heavy atom. The van der Waals surface area contributed by atoms with E-state index in [9.17, 15) is 19.5 Å². The van der Waals surface area contributed by atoms with Gasteiger partial charge in [-0.2, -0.15) is 0 Å². The zero-order valence-corrected chi connectivity index (χ0v) is 21.6. The molecular formula is C28H33N3O6. The van der Waals surface area contributed by atoms with E-state index in [1.807, 2.05) is 13.8 Å². The van der Waals surface area contributed by atoms with E-state index >= 15 is 0 Å². The van der Waals surface area contributed by atoms with Gasteiger partial charge in [0, 0.05) is 30.9 Å². The minimum absolute atomic E-state index is 0.0106. The molecular weight excluding hydrogens is 474 g/mol. The van der Waals surface area contributed by atoms with Crippen molar-refractivity contribution in [1.29, 1.82) is 0 Å². The van der Waals surface area contributed by atoms with Crippen LogP contribution in [0.2, 0.25) is 0 Å². The molecule has 0 saturated carbocycles. The zero-order chi connectivity index (χ0) is 26.7. The molecule has 0 radical (unpaired) electrons. The monoisotopic (exact) mass is 507 g/mol. The number of pyridine rings is 1. The van der Waals surface area contributed by atoms with Crippen molar-refractivity contribution in [2.45, 2.75) is 51.6 Å². The number of methoxy groups -OCH3 is 1. The summed E-state index contributed by atoms with van der Waals surface area (Å²) in [7, 11) is 1.58. The third kappa shape index (κ3) is 5.03. The second-order valence-electron chi connectivity index (χ2n) is 9.49. The number of nitrogens with zero attached hydrogens (tertiary/aromatic N) is 3. The SMILES string of the molecule is CCOC(=O)N1CCC(N2C(=O)C(=O)/C(=C(/O)c3ccc(OC)c(C(C)C)c3)C2c2ccccn2)CC1. The number of hydrogen-bond acceptors (Lipinski definition) is 7. The summed E-state index contributed by atoms with van der Waals surface area (Å²) in [6.45, 7) is 6.87. The minimum Gasteiger partial charge on any atom is -0.507 e. The first-order chi connectivity index (χ1) is 17.8. The predicted octanol–water partition coefficient (Wildman–Crippen LogP) is 4.26. The molecule has 2 fully saturated rings. The minimum atomic E-state index is -0.843. The van der Waals surface area contributed by atoms with Crippen LogP contribution in [0.5, 0.6) is 5.75 Å². The second kappa shape index (κ2) is 11.0. The molecule has 2 aliphatic heterocycles. The highest BCUT2D eigenvalue weighted by atomic mass is 16.6. The Morgan fingerprint density at radius 3 is 2.49 bits per heavy atom. The van der Waals surface area contributed by atoms with Crippen molar-refractivity contribution in [3.63, 3.8) is 0 Å². The van der Waals surface area contributed by atoms with Gasteiger partial charge >= 0.3 is 6.09 Å². The van der Waals surface area contributed by atoms with Gasteiger partial charge in [-0.25, -0.2) is 4.79 Å². The first-order valence-electron chi connectivity index (χ1n) is 12.6. The fraction of sp³-hybridized carbons (Fsp3) is 0.429. The molecule has 1 unspecified atom stereocenters. The van der Waals surface area contributed by atoms with E-state index in [0.29, 0.717) is 42.9 Å². The third-order valence-electron chi connectivity index (χ3n) is 6.96. The fourth-order valence-electron chi connectivity index (χ4n) is 5.08. The number of aromatic nitrogens is 1. The van der Waals surface area contributed by atoms with Crippen LogP contribution in [0.1, 0.15) is 62.4 Å². The number of benzene rings is 1. The number of likely N-dealkylation sites (tertiary alicyclic amines) is 2. The normalized spacial score (nSPS) is 20.0. The van der Waals surface area contributed by atoms with Gasteiger partial charge in [0.15, 0.2) is 0 Å². The molecule has 1 aromatic heterocycles. The maximum Gasteiger partial charge on any atom is 0.409 e. The molecule has 0 aliphatic carbocycles. The molecule has 3 heterocycles. The molecule has 0 spiro atoms. The van der Waals surface area contributed by atoms with Gasteiger partial charge in [-0.3, -0.25) is 14.6 Å². The molecule has 2 aliphatic rings. The van der Waals surface area contributed by atoms with Crippen molar-refractivity contribution >= 4 is 23.5 Å². The number of hydrogen-bond donors (Lipinski definition) is 1. The number of ether oxygens (including phenoxy) is 2. The number of ketones is 1. The Balaban J connectivity index is 1.75. The molecule has 2 amide bonds. The van der Waals surface area contributed by atoms with E-state index in [2.05, 4.69) is 4.98 Å². The summed E-state index contributed by atoms with van der Waals surface area (Å²) < 4.78 is 10.6. The maximum absolute atomic E-state index is 13.4. The number of carbonyl (C=O) groups is 3. The van der Waals surface area contributed by atoms with Crippen LogP contribution < -0.4 is 4.74 Å².